The monoisotopic (exact) mass is 323 g/mol. The highest BCUT2D eigenvalue weighted by molar-refractivity contribution is 7.11. The zero-order chi connectivity index (χ0) is 16.3. The van der Waals surface area contributed by atoms with E-state index in [2.05, 4.69) is 20.7 Å². The quantitative estimate of drug-likeness (QED) is 0.771. The van der Waals surface area contributed by atoms with Gasteiger partial charge in [-0.2, -0.15) is 5.10 Å². The molecule has 0 fully saturated rings. The molecular formula is C14H21N5O2S. The molecule has 0 aromatic carbocycles. The van der Waals surface area contributed by atoms with Gasteiger partial charge in [0.15, 0.2) is 0 Å². The number of rotatable bonds is 5. The molecule has 2 heterocycles. The minimum absolute atomic E-state index is 0.0968. The summed E-state index contributed by atoms with van der Waals surface area (Å²) < 4.78 is 1.61. The van der Waals surface area contributed by atoms with Gasteiger partial charge < -0.3 is 15.7 Å². The first-order valence-corrected chi connectivity index (χ1v) is 7.75. The lowest BCUT2D eigenvalue weighted by Gasteiger charge is -2.22. The van der Waals surface area contributed by atoms with Gasteiger partial charge >= 0.3 is 6.03 Å². The SMILES string of the molecule is Cc1nc(CNC(=O)NCC(C)(O)c2cnn(C)c2)c(C)s1. The van der Waals surface area contributed by atoms with Crippen molar-refractivity contribution in [2.45, 2.75) is 32.9 Å². The molecule has 2 rings (SSSR count). The van der Waals surface area contributed by atoms with Crippen molar-refractivity contribution in [1.82, 2.24) is 25.4 Å². The zero-order valence-electron chi connectivity index (χ0n) is 13.2. The van der Waals surface area contributed by atoms with Crippen LogP contribution in [0.1, 0.15) is 28.1 Å². The third kappa shape index (κ3) is 4.05. The topological polar surface area (TPSA) is 92.1 Å². The zero-order valence-corrected chi connectivity index (χ0v) is 14.0. The van der Waals surface area contributed by atoms with Crippen molar-refractivity contribution in [3.63, 3.8) is 0 Å². The van der Waals surface area contributed by atoms with Crippen LogP contribution in [0.5, 0.6) is 0 Å². The van der Waals surface area contributed by atoms with Crippen LogP contribution in [0.25, 0.3) is 0 Å². The number of amides is 2. The van der Waals surface area contributed by atoms with E-state index >= 15 is 0 Å². The lowest BCUT2D eigenvalue weighted by atomic mass is 10.00. The van der Waals surface area contributed by atoms with Crippen molar-refractivity contribution in [3.8, 4) is 0 Å². The van der Waals surface area contributed by atoms with E-state index in [0.29, 0.717) is 12.1 Å². The van der Waals surface area contributed by atoms with Crippen LogP contribution in [0.4, 0.5) is 4.79 Å². The Labute approximate surface area is 133 Å². The van der Waals surface area contributed by atoms with Crippen LogP contribution >= 0.6 is 11.3 Å². The van der Waals surface area contributed by atoms with Gasteiger partial charge in [0.05, 0.1) is 30.0 Å². The fourth-order valence-electron chi connectivity index (χ4n) is 2.02. The molecule has 2 aromatic heterocycles. The summed E-state index contributed by atoms with van der Waals surface area (Å²) in [5.74, 6) is 0. The number of hydrogen-bond donors (Lipinski definition) is 3. The maximum Gasteiger partial charge on any atom is 0.315 e. The number of nitrogens with zero attached hydrogens (tertiary/aromatic N) is 3. The van der Waals surface area contributed by atoms with Gasteiger partial charge in [-0.25, -0.2) is 9.78 Å². The number of carbonyl (C=O) groups is 1. The highest BCUT2D eigenvalue weighted by Gasteiger charge is 2.25. The van der Waals surface area contributed by atoms with Crippen LogP contribution in [-0.4, -0.2) is 32.4 Å². The minimum atomic E-state index is -1.17. The van der Waals surface area contributed by atoms with Gasteiger partial charge in [-0.05, 0) is 20.8 Å². The molecule has 2 aromatic rings. The number of nitrogens with one attached hydrogen (secondary N) is 2. The molecule has 0 spiro atoms. The summed E-state index contributed by atoms with van der Waals surface area (Å²) in [6.45, 7) is 6.02. The summed E-state index contributed by atoms with van der Waals surface area (Å²) in [6, 6.07) is -0.339. The summed E-state index contributed by atoms with van der Waals surface area (Å²) >= 11 is 1.61. The fourth-order valence-corrected chi connectivity index (χ4v) is 2.85. The van der Waals surface area contributed by atoms with Crippen molar-refractivity contribution in [2.75, 3.05) is 6.54 Å². The van der Waals surface area contributed by atoms with E-state index in [9.17, 15) is 9.90 Å². The highest BCUT2D eigenvalue weighted by Crippen LogP contribution is 2.18. The summed E-state index contributed by atoms with van der Waals surface area (Å²) in [5, 5.41) is 20.8. The van der Waals surface area contributed by atoms with Gasteiger partial charge in [0.1, 0.15) is 5.60 Å². The summed E-state index contributed by atoms with van der Waals surface area (Å²) in [5.41, 5.74) is 0.358. The number of carbonyl (C=O) groups excluding carboxylic acids is 1. The van der Waals surface area contributed by atoms with Gasteiger partial charge in [-0.3, -0.25) is 4.68 Å². The molecule has 22 heavy (non-hydrogen) atoms. The fraction of sp³-hybridized carbons (Fsp3) is 0.500. The maximum absolute atomic E-state index is 11.8. The Bertz CT molecular complexity index is 662. The third-order valence-electron chi connectivity index (χ3n) is 3.34. The molecule has 0 aliphatic carbocycles. The summed E-state index contributed by atoms with van der Waals surface area (Å²) in [4.78, 5) is 17.3. The Morgan fingerprint density at radius 1 is 1.45 bits per heavy atom. The van der Waals surface area contributed by atoms with Gasteiger partial charge in [0, 0.05) is 23.7 Å². The van der Waals surface area contributed by atoms with Gasteiger partial charge in [-0.15, -0.1) is 11.3 Å². The molecule has 3 N–H and O–H groups in total. The first-order valence-electron chi connectivity index (χ1n) is 6.94. The third-order valence-corrected chi connectivity index (χ3v) is 4.26. The average Bonchev–Trinajstić information content (AvgIpc) is 3.00. The molecule has 8 heteroatoms. The second-order valence-corrected chi connectivity index (χ2v) is 6.86. The van der Waals surface area contributed by atoms with Crippen LogP contribution in [0, 0.1) is 13.8 Å². The number of aliphatic hydroxyl groups is 1. The Morgan fingerprint density at radius 3 is 2.73 bits per heavy atom. The van der Waals surface area contributed by atoms with E-state index in [1.165, 1.54) is 0 Å². The van der Waals surface area contributed by atoms with Gasteiger partial charge in [-0.1, -0.05) is 0 Å². The lowest BCUT2D eigenvalue weighted by Crippen LogP contribution is -2.43. The molecule has 0 aliphatic heterocycles. The largest absolute Gasteiger partial charge is 0.383 e. The summed E-state index contributed by atoms with van der Waals surface area (Å²) in [7, 11) is 1.78. The molecule has 0 bridgehead atoms. The van der Waals surface area contributed by atoms with Crippen LogP contribution < -0.4 is 10.6 Å². The number of hydrogen-bond acceptors (Lipinski definition) is 5. The van der Waals surface area contributed by atoms with Gasteiger partial charge in [0.25, 0.3) is 0 Å². The molecular weight excluding hydrogens is 302 g/mol. The molecule has 2 amide bonds. The number of thiazole rings is 1. The smallest absolute Gasteiger partial charge is 0.315 e. The van der Waals surface area contributed by atoms with E-state index in [-0.39, 0.29) is 12.6 Å². The molecule has 0 saturated carbocycles. The molecule has 120 valence electrons. The lowest BCUT2D eigenvalue weighted by molar-refractivity contribution is 0.0593. The highest BCUT2D eigenvalue weighted by atomic mass is 32.1. The van der Waals surface area contributed by atoms with E-state index < -0.39 is 5.60 Å². The van der Waals surface area contributed by atoms with Crippen LogP contribution in [0.2, 0.25) is 0 Å². The Kier molecular flexibility index (Phi) is 4.82. The molecule has 0 radical (unpaired) electrons. The maximum atomic E-state index is 11.8. The first-order chi connectivity index (χ1) is 10.3. The average molecular weight is 323 g/mol. The normalized spacial score (nSPS) is 13.7. The number of urea groups is 1. The standard InChI is InChI=1S/C14H21N5O2S/c1-9-12(18-10(2)22-9)6-15-13(20)16-8-14(3,21)11-5-17-19(4)7-11/h5,7,21H,6,8H2,1-4H3,(H2,15,16,20). The van der Waals surface area contributed by atoms with E-state index in [1.807, 2.05) is 13.8 Å². The predicted molar refractivity (Wildman–Crippen MR) is 84.6 cm³/mol. The first kappa shape index (κ1) is 16.4. The van der Waals surface area contributed by atoms with Crippen LogP contribution in [0.3, 0.4) is 0 Å². The molecule has 1 atom stereocenters. The van der Waals surface area contributed by atoms with Crippen molar-refractivity contribution in [1.29, 1.82) is 0 Å². The minimum Gasteiger partial charge on any atom is -0.383 e. The second-order valence-electron chi connectivity index (χ2n) is 5.45. The molecule has 0 aliphatic rings. The van der Waals surface area contributed by atoms with Crippen molar-refractivity contribution in [3.05, 3.63) is 33.5 Å². The number of aryl methyl sites for hydroxylation is 3. The van der Waals surface area contributed by atoms with Gasteiger partial charge in [0.2, 0.25) is 0 Å². The van der Waals surface area contributed by atoms with E-state index in [1.54, 1.807) is 42.4 Å². The molecule has 1 unspecified atom stereocenters. The second kappa shape index (κ2) is 6.45. The molecule has 7 nitrogen and oxygen atoms in total. The Hall–Kier alpha value is -1.93. The predicted octanol–water partition coefficient (Wildman–Crippen LogP) is 1.20. The van der Waals surface area contributed by atoms with Crippen molar-refractivity contribution < 1.29 is 9.90 Å². The summed E-state index contributed by atoms with van der Waals surface area (Å²) in [6.07, 6.45) is 3.31. The van der Waals surface area contributed by atoms with Crippen molar-refractivity contribution in [2.24, 2.45) is 7.05 Å². The Morgan fingerprint density at radius 2 is 2.18 bits per heavy atom. The number of aromatic nitrogens is 3. The van der Waals surface area contributed by atoms with Crippen LogP contribution in [0.15, 0.2) is 12.4 Å². The molecule has 0 saturated heterocycles. The Balaban J connectivity index is 1.83. The van der Waals surface area contributed by atoms with E-state index in [4.69, 9.17) is 0 Å². The van der Waals surface area contributed by atoms with Crippen LogP contribution in [-0.2, 0) is 19.2 Å². The van der Waals surface area contributed by atoms with E-state index in [0.717, 1.165) is 15.6 Å². The van der Waals surface area contributed by atoms with Crippen molar-refractivity contribution >= 4 is 17.4 Å².